The first-order valence-electron chi connectivity index (χ1n) is 7.51. The van der Waals surface area contributed by atoms with Crippen molar-refractivity contribution in [3.63, 3.8) is 0 Å². The Kier molecular flexibility index (Phi) is 5.46. The van der Waals surface area contributed by atoms with Gasteiger partial charge in [0.2, 0.25) is 5.91 Å². The lowest BCUT2D eigenvalue weighted by Gasteiger charge is -2.09. The minimum absolute atomic E-state index is 0.0631. The van der Waals surface area contributed by atoms with Crippen molar-refractivity contribution >= 4 is 38.1 Å². The molecule has 128 valence electrons. The van der Waals surface area contributed by atoms with Gasteiger partial charge in [-0.3, -0.25) is 4.79 Å². The molecule has 0 unspecified atom stereocenters. The molecule has 0 radical (unpaired) electrons. The van der Waals surface area contributed by atoms with Gasteiger partial charge in [0.15, 0.2) is 9.84 Å². The number of aryl methyl sites for hydroxylation is 1. The van der Waals surface area contributed by atoms with Crippen molar-refractivity contribution < 1.29 is 22.7 Å². The highest BCUT2D eigenvalue weighted by molar-refractivity contribution is 7.91. The van der Waals surface area contributed by atoms with Gasteiger partial charge in [0.05, 0.1) is 23.7 Å². The average Bonchev–Trinajstić information content (AvgIpc) is 2.90. The van der Waals surface area contributed by atoms with E-state index in [2.05, 4.69) is 5.32 Å². The van der Waals surface area contributed by atoms with Crippen LogP contribution in [0.1, 0.15) is 40.6 Å². The van der Waals surface area contributed by atoms with Gasteiger partial charge < -0.3 is 10.1 Å². The maximum atomic E-state index is 12.2. The summed E-state index contributed by atoms with van der Waals surface area (Å²) >= 11 is 1.33. The lowest BCUT2D eigenvalue weighted by Crippen LogP contribution is -2.18. The Labute approximate surface area is 140 Å². The zero-order chi connectivity index (χ0) is 17.2. The lowest BCUT2D eigenvalue weighted by atomic mass is 10.1. The number of hydrogen-bond acceptors (Lipinski definition) is 6. The molecular weight excluding hydrogens is 338 g/mol. The molecule has 0 aromatic carbocycles. The van der Waals surface area contributed by atoms with E-state index in [-0.39, 0.29) is 36.4 Å². The molecule has 1 fully saturated rings. The molecule has 2 heterocycles. The average molecular weight is 359 g/mol. The largest absolute Gasteiger partial charge is 0.462 e. The van der Waals surface area contributed by atoms with Gasteiger partial charge in [-0.15, -0.1) is 11.3 Å². The molecule has 1 amide bonds. The topological polar surface area (TPSA) is 89.5 Å². The predicted octanol–water partition coefficient (Wildman–Crippen LogP) is 2.30. The van der Waals surface area contributed by atoms with Crippen molar-refractivity contribution in [3.05, 3.63) is 16.0 Å². The van der Waals surface area contributed by atoms with Gasteiger partial charge in [0.1, 0.15) is 5.00 Å². The van der Waals surface area contributed by atoms with Gasteiger partial charge in [0, 0.05) is 11.3 Å². The molecule has 23 heavy (non-hydrogen) atoms. The SMILES string of the molecule is CCOC(=O)c1c(NC(=O)C[C@@H]2CCS(=O)(=O)C2)sc(C)c1C. The number of esters is 1. The summed E-state index contributed by atoms with van der Waals surface area (Å²) in [6, 6.07) is 0. The highest BCUT2D eigenvalue weighted by Crippen LogP contribution is 2.33. The van der Waals surface area contributed by atoms with Crippen LogP contribution in [0.4, 0.5) is 5.00 Å². The molecule has 1 aromatic rings. The summed E-state index contributed by atoms with van der Waals surface area (Å²) in [5.41, 5.74) is 1.19. The molecular formula is C15H21NO5S2. The maximum absolute atomic E-state index is 12.2. The number of amides is 1. The van der Waals surface area contributed by atoms with Crippen molar-refractivity contribution in [1.29, 1.82) is 0 Å². The number of hydrogen-bond donors (Lipinski definition) is 1. The first-order valence-corrected chi connectivity index (χ1v) is 10.1. The first-order chi connectivity index (χ1) is 10.7. The van der Waals surface area contributed by atoms with E-state index in [9.17, 15) is 18.0 Å². The summed E-state index contributed by atoms with van der Waals surface area (Å²) in [7, 11) is -3.00. The van der Waals surface area contributed by atoms with Crippen molar-refractivity contribution in [2.45, 2.75) is 33.6 Å². The zero-order valence-corrected chi connectivity index (χ0v) is 15.1. The molecule has 0 bridgehead atoms. The number of anilines is 1. The number of carbonyl (C=O) groups excluding carboxylic acids is 2. The van der Waals surface area contributed by atoms with E-state index < -0.39 is 15.8 Å². The number of carbonyl (C=O) groups is 2. The van der Waals surface area contributed by atoms with Crippen LogP contribution in [0.15, 0.2) is 0 Å². The third-order valence-electron chi connectivity index (χ3n) is 3.92. The van der Waals surface area contributed by atoms with Crippen molar-refractivity contribution in [3.8, 4) is 0 Å². The maximum Gasteiger partial charge on any atom is 0.341 e. The Bertz CT molecular complexity index is 720. The van der Waals surface area contributed by atoms with Crippen LogP contribution >= 0.6 is 11.3 Å². The summed E-state index contributed by atoms with van der Waals surface area (Å²) in [4.78, 5) is 25.2. The molecule has 0 aliphatic carbocycles. The zero-order valence-electron chi connectivity index (χ0n) is 13.5. The molecule has 2 rings (SSSR count). The number of sulfone groups is 1. The standard InChI is InChI=1S/C15H21NO5S2/c1-4-21-15(18)13-9(2)10(3)22-14(13)16-12(17)7-11-5-6-23(19,20)8-11/h11H,4-8H2,1-3H3,(H,16,17)/t11-/m0/s1. The normalized spacial score (nSPS) is 19.5. The second-order valence-corrected chi connectivity index (χ2v) is 9.18. The van der Waals surface area contributed by atoms with Gasteiger partial charge in [-0.2, -0.15) is 0 Å². The van der Waals surface area contributed by atoms with Gasteiger partial charge in [0.25, 0.3) is 0 Å². The van der Waals surface area contributed by atoms with E-state index in [0.29, 0.717) is 17.0 Å². The fourth-order valence-corrected chi connectivity index (χ4v) is 5.56. The lowest BCUT2D eigenvalue weighted by molar-refractivity contribution is -0.116. The molecule has 1 aromatic heterocycles. The summed E-state index contributed by atoms with van der Waals surface area (Å²) in [5.74, 6) is -0.649. The van der Waals surface area contributed by atoms with Gasteiger partial charge in [-0.1, -0.05) is 0 Å². The molecule has 0 spiro atoms. The van der Waals surface area contributed by atoms with E-state index in [1.165, 1.54) is 11.3 Å². The molecule has 6 nitrogen and oxygen atoms in total. The first kappa shape index (κ1) is 17.9. The molecule has 1 N–H and O–H groups in total. The Morgan fingerprint density at radius 1 is 1.35 bits per heavy atom. The van der Waals surface area contributed by atoms with E-state index >= 15 is 0 Å². The second kappa shape index (κ2) is 7.00. The number of nitrogens with one attached hydrogen (secondary N) is 1. The minimum Gasteiger partial charge on any atom is -0.462 e. The Balaban J connectivity index is 2.09. The Morgan fingerprint density at radius 2 is 2.04 bits per heavy atom. The molecule has 1 saturated heterocycles. The van der Waals surface area contributed by atoms with Crippen LogP contribution in [-0.4, -0.2) is 38.4 Å². The quantitative estimate of drug-likeness (QED) is 0.815. The minimum atomic E-state index is -3.00. The summed E-state index contributed by atoms with van der Waals surface area (Å²) in [6.45, 7) is 5.69. The highest BCUT2D eigenvalue weighted by atomic mass is 32.2. The fourth-order valence-electron chi connectivity index (χ4n) is 2.64. The van der Waals surface area contributed by atoms with Crippen LogP contribution < -0.4 is 5.32 Å². The van der Waals surface area contributed by atoms with E-state index in [1.807, 2.05) is 13.8 Å². The van der Waals surface area contributed by atoms with Gasteiger partial charge in [-0.05, 0) is 38.7 Å². The smallest absolute Gasteiger partial charge is 0.341 e. The molecule has 1 atom stereocenters. The third-order valence-corrected chi connectivity index (χ3v) is 6.88. The van der Waals surface area contributed by atoms with Crippen molar-refractivity contribution in [2.75, 3.05) is 23.4 Å². The van der Waals surface area contributed by atoms with Crippen molar-refractivity contribution in [2.24, 2.45) is 5.92 Å². The second-order valence-electron chi connectivity index (χ2n) is 5.73. The van der Waals surface area contributed by atoms with E-state index in [1.54, 1.807) is 6.92 Å². The fraction of sp³-hybridized carbons (Fsp3) is 0.600. The number of ether oxygens (including phenoxy) is 1. The molecule has 1 aliphatic heterocycles. The third kappa shape index (κ3) is 4.32. The summed E-state index contributed by atoms with van der Waals surface area (Å²) < 4.78 is 27.9. The Morgan fingerprint density at radius 3 is 2.61 bits per heavy atom. The van der Waals surface area contributed by atoms with E-state index in [4.69, 9.17) is 4.74 Å². The van der Waals surface area contributed by atoms with E-state index in [0.717, 1.165) is 10.4 Å². The van der Waals surface area contributed by atoms with Crippen LogP contribution in [0.3, 0.4) is 0 Å². The van der Waals surface area contributed by atoms with Gasteiger partial charge >= 0.3 is 5.97 Å². The van der Waals surface area contributed by atoms with Gasteiger partial charge in [-0.25, -0.2) is 13.2 Å². The molecule has 8 heteroatoms. The highest BCUT2D eigenvalue weighted by Gasteiger charge is 2.30. The van der Waals surface area contributed by atoms with Crippen LogP contribution in [0.5, 0.6) is 0 Å². The molecule has 1 aliphatic rings. The summed E-state index contributed by atoms with van der Waals surface area (Å²) in [5, 5.41) is 3.23. The van der Waals surface area contributed by atoms with Crippen LogP contribution in [0, 0.1) is 19.8 Å². The van der Waals surface area contributed by atoms with Crippen LogP contribution in [-0.2, 0) is 19.4 Å². The molecule has 0 saturated carbocycles. The predicted molar refractivity (Wildman–Crippen MR) is 89.8 cm³/mol. The summed E-state index contributed by atoms with van der Waals surface area (Å²) in [6.07, 6.45) is 0.667. The number of rotatable bonds is 5. The van der Waals surface area contributed by atoms with Crippen LogP contribution in [0.2, 0.25) is 0 Å². The van der Waals surface area contributed by atoms with Crippen molar-refractivity contribution in [1.82, 2.24) is 0 Å². The monoisotopic (exact) mass is 359 g/mol. The number of thiophene rings is 1. The Hall–Kier alpha value is -1.41. The van der Waals surface area contributed by atoms with Crippen LogP contribution in [0.25, 0.3) is 0 Å².